The Balaban J connectivity index is 1.93. The summed E-state index contributed by atoms with van der Waals surface area (Å²) in [5, 5.41) is 11.5. The number of hydrogen-bond donors (Lipinski definition) is 2. The van der Waals surface area contributed by atoms with Gasteiger partial charge in [0.1, 0.15) is 0 Å². The first-order valence-electron chi connectivity index (χ1n) is 5.90. The van der Waals surface area contributed by atoms with Crippen LogP contribution in [0.1, 0.15) is 29.6 Å². The van der Waals surface area contributed by atoms with Crippen molar-refractivity contribution >= 4 is 17.6 Å². The van der Waals surface area contributed by atoms with Gasteiger partial charge in [0.05, 0.1) is 18.1 Å². The third kappa shape index (κ3) is 3.30. The van der Waals surface area contributed by atoms with E-state index in [0.29, 0.717) is 18.7 Å². The van der Waals surface area contributed by atoms with E-state index < -0.39 is 5.97 Å². The van der Waals surface area contributed by atoms with Crippen LogP contribution in [0.25, 0.3) is 0 Å². The van der Waals surface area contributed by atoms with Gasteiger partial charge >= 0.3 is 5.97 Å². The molecule has 1 aliphatic heterocycles. The van der Waals surface area contributed by atoms with Crippen molar-refractivity contribution in [2.45, 2.75) is 25.4 Å². The van der Waals surface area contributed by atoms with Gasteiger partial charge < -0.3 is 15.2 Å². The van der Waals surface area contributed by atoms with Crippen LogP contribution in [-0.2, 0) is 9.53 Å². The third-order valence-corrected chi connectivity index (χ3v) is 2.83. The predicted octanol–water partition coefficient (Wildman–Crippen LogP) is 1.89. The highest BCUT2D eigenvalue weighted by Crippen LogP contribution is 2.17. The van der Waals surface area contributed by atoms with Gasteiger partial charge in [-0.2, -0.15) is 0 Å². The maximum absolute atomic E-state index is 11.7. The first-order valence-corrected chi connectivity index (χ1v) is 5.90. The molecule has 1 aliphatic rings. The van der Waals surface area contributed by atoms with Gasteiger partial charge in [0.15, 0.2) is 0 Å². The molecule has 0 spiro atoms. The molecule has 1 aromatic carbocycles. The van der Waals surface area contributed by atoms with Crippen molar-refractivity contribution in [3.05, 3.63) is 29.8 Å². The van der Waals surface area contributed by atoms with E-state index in [1.807, 2.05) is 0 Å². The largest absolute Gasteiger partial charge is 0.478 e. The zero-order chi connectivity index (χ0) is 13.0. The first kappa shape index (κ1) is 12.6. The molecular weight excluding hydrogens is 234 g/mol. The Labute approximate surface area is 105 Å². The molecule has 0 radical (unpaired) electrons. The number of hydrogen-bond acceptors (Lipinski definition) is 3. The minimum Gasteiger partial charge on any atom is -0.478 e. The fourth-order valence-electron chi connectivity index (χ4n) is 1.95. The summed E-state index contributed by atoms with van der Waals surface area (Å²) in [6.45, 7) is 0.715. The molecule has 1 amide bonds. The van der Waals surface area contributed by atoms with E-state index in [0.717, 1.165) is 12.8 Å². The Morgan fingerprint density at radius 1 is 1.44 bits per heavy atom. The molecule has 0 unspecified atom stereocenters. The maximum atomic E-state index is 11.7. The number of carboxylic acid groups (broad SMARTS) is 1. The Morgan fingerprint density at radius 2 is 2.28 bits per heavy atom. The van der Waals surface area contributed by atoms with E-state index in [-0.39, 0.29) is 17.6 Å². The van der Waals surface area contributed by atoms with Crippen LogP contribution in [0.3, 0.4) is 0 Å². The minimum atomic E-state index is -1.01. The number of benzene rings is 1. The summed E-state index contributed by atoms with van der Waals surface area (Å²) in [6.07, 6.45) is 2.21. The fourth-order valence-corrected chi connectivity index (χ4v) is 1.95. The lowest BCUT2D eigenvalue weighted by atomic mass is 10.1. The molecule has 1 heterocycles. The van der Waals surface area contributed by atoms with Crippen LogP contribution in [0.15, 0.2) is 24.3 Å². The molecule has 2 N–H and O–H groups in total. The van der Waals surface area contributed by atoms with Gasteiger partial charge in [-0.3, -0.25) is 4.79 Å². The van der Waals surface area contributed by atoms with Crippen molar-refractivity contribution in [2.75, 3.05) is 11.9 Å². The fraction of sp³-hybridized carbons (Fsp3) is 0.385. The molecule has 18 heavy (non-hydrogen) atoms. The quantitative estimate of drug-likeness (QED) is 0.854. The summed E-state index contributed by atoms with van der Waals surface area (Å²) in [7, 11) is 0. The number of rotatable bonds is 4. The summed E-state index contributed by atoms with van der Waals surface area (Å²) >= 11 is 0. The van der Waals surface area contributed by atoms with Gasteiger partial charge in [0.2, 0.25) is 5.91 Å². The maximum Gasteiger partial charge on any atom is 0.335 e. The molecule has 0 saturated carbocycles. The zero-order valence-electron chi connectivity index (χ0n) is 9.89. The molecule has 96 valence electrons. The molecule has 0 bridgehead atoms. The van der Waals surface area contributed by atoms with E-state index >= 15 is 0 Å². The van der Waals surface area contributed by atoms with Crippen molar-refractivity contribution in [1.29, 1.82) is 0 Å². The van der Waals surface area contributed by atoms with Crippen LogP contribution in [0.2, 0.25) is 0 Å². The molecule has 0 aliphatic carbocycles. The van der Waals surface area contributed by atoms with Crippen LogP contribution >= 0.6 is 0 Å². The molecule has 2 rings (SSSR count). The number of ether oxygens (including phenoxy) is 1. The summed E-state index contributed by atoms with van der Waals surface area (Å²) < 4.78 is 5.37. The van der Waals surface area contributed by atoms with Crippen LogP contribution in [0.5, 0.6) is 0 Å². The molecule has 5 heteroatoms. The van der Waals surface area contributed by atoms with Gasteiger partial charge in [0, 0.05) is 12.3 Å². The molecule has 1 fully saturated rings. The highest BCUT2D eigenvalue weighted by atomic mass is 16.5. The van der Waals surface area contributed by atoms with Crippen LogP contribution in [0.4, 0.5) is 5.69 Å². The van der Waals surface area contributed by atoms with Gasteiger partial charge in [-0.25, -0.2) is 4.79 Å². The SMILES string of the molecule is O=C(C[C@H]1CCCO1)Nc1cccc(C(=O)O)c1. The summed E-state index contributed by atoms with van der Waals surface area (Å²) in [4.78, 5) is 22.5. The number of aromatic carboxylic acids is 1. The lowest BCUT2D eigenvalue weighted by Crippen LogP contribution is -2.19. The molecule has 1 aromatic rings. The number of nitrogens with one attached hydrogen (secondary N) is 1. The van der Waals surface area contributed by atoms with E-state index in [4.69, 9.17) is 9.84 Å². The van der Waals surface area contributed by atoms with E-state index in [2.05, 4.69) is 5.32 Å². The normalized spacial score (nSPS) is 18.6. The van der Waals surface area contributed by atoms with Crippen LogP contribution in [-0.4, -0.2) is 29.7 Å². The summed E-state index contributed by atoms with van der Waals surface area (Å²) in [5.41, 5.74) is 0.655. The van der Waals surface area contributed by atoms with Gasteiger partial charge in [-0.05, 0) is 31.0 Å². The predicted molar refractivity (Wildman–Crippen MR) is 65.6 cm³/mol. The first-order chi connectivity index (χ1) is 8.65. The zero-order valence-corrected chi connectivity index (χ0v) is 9.89. The second kappa shape index (κ2) is 5.64. The lowest BCUT2D eigenvalue weighted by molar-refractivity contribution is -0.118. The smallest absolute Gasteiger partial charge is 0.335 e. The molecule has 0 aromatic heterocycles. The second-order valence-corrected chi connectivity index (χ2v) is 4.27. The topological polar surface area (TPSA) is 75.6 Å². The Morgan fingerprint density at radius 3 is 2.94 bits per heavy atom. The van der Waals surface area contributed by atoms with Crippen LogP contribution in [0, 0.1) is 0 Å². The van der Waals surface area contributed by atoms with Crippen molar-refractivity contribution in [2.24, 2.45) is 0 Å². The number of amides is 1. The summed E-state index contributed by atoms with van der Waals surface area (Å²) in [6, 6.07) is 6.19. The minimum absolute atomic E-state index is 0.00680. The molecule has 5 nitrogen and oxygen atoms in total. The Kier molecular flexibility index (Phi) is 3.94. The van der Waals surface area contributed by atoms with Crippen molar-refractivity contribution in [1.82, 2.24) is 0 Å². The highest BCUT2D eigenvalue weighted by molar-refractivity contribution is 5.94. The Hall–Kier alpha value is -1.88. The van der Waals surface area contributed by atoms with Crippen molar-refractivity contribution in [3.8, 4) is 0 Å². The molecule has 1 atom stereocenters. The number of anilines is 1. The van der Waals surface area contributed by atoms with E-state index in [1.165, 1.54) is 12.1 Å². The second-order valence-electron chi connectivity index (χ2n) is 4.27. The Bertz CT molecular complexity index is 452. The molecular formula is C13H15NO4. The van der Waals surface area contributed by atoms with Crippen LogP contribution < -0.4 is 5.32 Å². The third-order valence-electron chi connectivity index (χ3n) is 2.83. The highest BCUT2D eigenvalue weighted by Gasteiger charge is 2.19. The number of carbonyl (C=O) groups excluding carboxylic acids is 1. The van der Waals surface area contributed by atoms with Crippen molar-refractivity contribution < 1.29 is 19.4 Å². The van der Waals surface area contributed by atoms with E-state index in [1.54, 1.807) is 12.1 Å². The average Bonchev–Trinajstić information content (AvgIpc) is 2.82. The van der Waals surface area contributed by atoms with Crippen molar-refractivity contribution in [3.63, 3.8) is 0 Å². The lowest BCUT2D eigenvalue weighted by Gasteiger charge is -2.10. The van der Waals surface area contributed by atoms with Gasteiger partial charge in [-0.15, -0.1) is 0 Å². The number of carboxylic acids is 1. The van der Waals surface area contributed by atoms with E-state index in [9.17, 15) is 9.59 Å². The van der Waals surface area contributed by atoms with Gasteiger partial charge in [0.25, 0.3) is 0 Å². The standard InChI is InChI=1S/C13H15NO4/c15-12(8-11-5-2-6-18-11)14-10-4-1-3-9(7-10)13(16)17/h1,3-4,7,11H,2,5-6,8H2,(H,14,15)(H,16,17)/t11-/m1/s1. The monoisotopic (exact) mass is 249 g/mol. The number of carbonyl (C=O) groups is 2. The molecule has 1 saturated heterocycles. The van der Waals surface area contributed by atoms with Gasteiger partial charge in [-0.1, -0.05) is 6.07 Å². The summed E-state index contributed by atoms with van der Waals surface area (Å²) in [5.74, 6) is -1.16. The average molecular weight is 249 g/mol.